The van der Waals surface area contributed by atoms with E-state index in [9.17, 15) is 4.79 Å². The van der Waals surface area contributed by atoms with E-state index in [1.165, 1.54) is 0 Å². The Bertz CT molecular complexity index is 546. The Morgan fingerprint density at radius 3 is 2.36 bits per heavy atom. The van der Waals surface area contributed by atoms with Crippen LogP contribution in [0, 0.1) is 0 Å². The molecule has 2 N–H and O–H groups in total. The lowest BCUT2D eigenvalue weighted by Crippen LogP contribution is -2.46. The van der Waals surface area contributed by atoms with Crippen LogP contribution in [0.25, 0.3) is 0 Å². The molecule has 0 saturated carbocycles. The van der Waals surface area contributed by atoms with Crippen LogP contribution in [0.2, 0.25) is 0 Å². The van der Waals surface area contributed by atoms with E-state index in [2.05, 4.69) is 15.5 Å². The zero-order chi connectivity index (χ0) is 17.5. The van der Waals surface area contributed by atoms with Gasteiger partial charge in [-0.05, 0) is 26.4 Å². The first-order valence-corrected chi connectivity index (χ1v) is 8.10. The second-order valence-electron chi connectivity index (χ2n) is 5.83. The average molecular weight is 374 g/mol. The molecule has 7 nitrogen and oxygen atoms in total. The highest BCUT2D eigenvalue weighted by Gasteiger charge is 2.21. The van der Waals surface area contributed by atoms with E-state index in [4.69, 9.17) is 14.2 Å². The minimum absolute atomic E-state index is 0. The second-order valence-corrected chi connectivity index (χ2v) is 5.83. The lowest BCUT2D eigenvalue weighted by Gasteiger charge is -2.31. The Morgan fingerprint density at radius 2 is 1.84 bits per heavy atom. The molecule has 1 aromatic rings. The van der Waals surface area contributed by atoms with Gasteiger partial charge in [0, 0.05) is 30.4 Å². The molecule has 25 heavy (non-hydrogen) atoms. The summed E-state index contributed by atoms with van der Waals surface area (Å²) in [6, 6.07) is 3.91. The van der Waals surface area contributed by atoms with Crippen molar-refractivity contribution in [3.8, 4) is 17.2 Å². The van der Waals surface area contributed by atoms with E-state index < -0.39 is 0 Å². The number of ether oxygens (including phenoxy) is 3. The molecule has 8 heteroatoms. The monoisotopic (exact) mass is 373 g/mol. The topological polar surface area (TPSA) is 72.1 Å². The van der Waals surface area contributed by atoms with E-state index in [-0.39, 0.29) is 18.3 Å². The molecular weight excluding hydrogens is 346 g/mol. The van der Waals surface area contributed by atoms with Crippen molar-refractivity contribution in [3.63, 3.8) is 0 Å². The molecule has 1 aromatic carbocycles. The first-order chi connectivity index (χ1) is 11.6. The number of carbonyl (C=O) groups excluding carboxylic acids is 1. The summed E-state index contributed by atoms with van der Waals surface area (Å²) in [6.07, 6.45) is 2.25. The summed E-state index contributed by atoms with van der Waals surface area (Å²) in [5.41, 5.74) is 0.622. The quantitative estimate of drug-likeness (QED) is 0.758. The van der Waals surface area contributed by atoms with Gasteiger partial charge in [0.05, 0.1) is 27.9 Å². The van der Waals surface area contributed by atoms with Crippen LogP contribution >= 0.6 is 12.4 Å². The van der Waals surface area contributed by atoms with Crippen LogP contribution in [0.4, 0.5) is 5.69 Å². The van der Waals surface area contributed by atoms with E-state index in [0.717, 1.165) is 25.9 Å². The van der Waals surface area contributed by atoms with Crippen LogP contribution in [-0.4, -0.2) is 64.9 Å². The lowest BCUT2D eigenvalue weighted by molar-refractivity contribution is -0.117. The van der Waals surface area contributed by atoms with Crippen molar-refractivity contribution >= 4 is 24.0 Å². The molecular formula is C17H28ClN3O4. The molecule has 0 radical (unpaired) electrons. The number of amides is 1. The maximum absolute atomic E-state index is 12.3. The van der Waals surface area contributed by atoms with Gasteiger partial charge in [0.2, 0.25) is 11.7 Å². The fraction of sp³-hybridized carbons (Fsp3) is 0.588. The van der Waals surface area contributed by atoms with Gasteiger partial charge in [0.1, 0.15) is 0 Å². The van der Waals surface area contributed by atoms with Crippen LogP contribution in [0.3, 0.4) is 0 Å². The minimum Gasteiger partial charge on any atom is -0.493 e. The summed E-state index contributed by atoms with van der Waals surface area (Å²) in [5, 5.41) is 6.19. The SMILES string of the molecule is CNC1CCCN(CC(=O)Nc2cc(OC)c(OC)c(OC)c2)C1.Cl. The molecule has 1 aliphatic heterocycles. The molecule has 1 fully saturated rings. The molecule has 0 aliphatic carbocycles. The van der Waals surface area contributed by atoms with Crippen molar-refractivity contribution in [2.24, 2.45) is 0 Å². The number of anilines is 1. The van der Waals surface area contributed by atoms with E-state index in [1.807, 2.05) is 7.05 Å². The van der Waals surface area contributed by atoms with Crippen LogP contribution in [0.1, 0.15) is 12.8 Å². The van der Waals surface area contributed by atoms with Crippen molar-refractivity contribution < 1.29 is 19.0 Å². The zero-order valence-corrected chi connectivity index (χ0v) is 16.1. The number of halogens is 1. The van der Waals surface area contributed by atoms with E-state index in [1.54, 1.807) is 33.5 Å². The number of benzene rings is 1. The molecule has 0 spiro atoms. The molecule has 142 valence electrons. The predicted molar refractivity (Wildman–Crippen MR) is 100 cm³/mol. The van der Waals surface area contributed by atoms with Crippen molar-refractivity contribution in [3.05, 3.63) is 12.1 Å². The van der Waals surface area contributed by atoms with E-state index >= 15 is 0 Å². The standard InChI is InChI=1S/C17H27N3O4.ClH/c1-18-12-6-5-7-20(10-12)11-16(21)19-13-8-14(22-2)17(24-4)15(9-13)23-3;/h8-9,12,18H,5-7,10-11H2,1-4H3,(H,19,21);1H. The first-order valence-electron chi connectivity index (χ1n) is 8.10. The van der Waals surface area contributed by atoms with Gasteiger partial charge >= 0.3 is 0 Å². The van der Waals surface area contributed by atoms with Crippen molar-refractivity contribution in [1.82, 2.24) is 10.2 Å². The molecule has 1 amide bonds. The summed E-state index contributed by atoms with van der Waals surface area (Å²) in [6.45, 7) is 2.20. The third-order valence-electron chi connectivity index (χ3n) is 4.23. The number of likely N-dealkylation sites (tertiary alicyclic amines) is 1. The van der Waals surface area contributed by atoms with Gasteiger partial charge in [0.25, 0.3) is 0 Å². The molecule has 1 aliphatic rings. The normalized spacial score (nSPS) is 17.4. The third kappa shape index (κ3) is 5.66. The maximum Gasteiger partial charge on any atom is 0.238 e. The van der Waals surface area contributed by atoms with Crippen molar-refractivity contribution in [2.75, 3.05) is 53.3 Å². The maximum atomic E-state index is 12.3. The van der Waals surface area contributed by atoms with Crippen molar-refractivity contribution in [2.45, 2.75) is 18.9 Å². The lowest BCUT2D eigenvalue weighted by atomic mass is 10.1. The Kier molecular flexibility index (Phi) is 8.82. The van der Waals surface area contributed by atoms with Gasteiger partial charge in [-0.15, -0.1) is 12.4 Å². The number of piperidine rings is 1. The van der Waals surface area contributed by atoms with Gasteiger partial charge in [-0.1, -0.05) is 0 Å². The first kappa shape index (κ1) is 21.3. The summed E-state index contributed by atoms with van der Waals surface area (Å²) in [5.74, 6) is 1.48. The van der Waals surface area contributed by atoms with Crippen LogP contribution in [0.15, 0.2) is 12.1 Å². The molecule has 0 bridgehead atoms. The Morgan fingerprint density at radius 1 is 1.20 bits per heavy atom. The largest absolute Gasteiger partial charge is 0.493 e. The number of methoxy groups -OCH3 is 3. The highest BCUT2D eigenvalue weighted by atomic mass is 35.5. The Labute approximate surface area is 155 Å². The highest BCUT2D eigenvalue weighted by Crippen LogP contribution is 2.39. The third-order valence-corrected chi connectivity index (χ3v) is 4.23. The number of rotatable bonds is 7. The smallest absolute Gasteiger partial charge is 0.238 e. The minimum atomic E-state index is -0.0546. The number of hydrogen-bond donors (Lipinski definition) is 2. The van der Waals surface area contributed by atoms with Crippen LogP contribution in [-0.2, 0) is 4.79 Å². The van der Waals surface area contributed by atoms with Crippen molar-refractivity contribution in [1.29, 1.82) is 0 Å². The van der Waals surface area contributed by atoms with Gasteiger partial charge in [-0.3, -0.25) is 9.69 Å². The summed E-state index contributed by atoms with van der Waals surface area (Å²) in [4.78, 5) is 14.5. The fourth-order valence-electron chi connectivity index (χ4n) is 2.99. The number of likely N-dealkylation sites (N-methyl/N-ethyl adjacent to an activating group) is 1. The molecule has 1 saturated heterocycles. The second kappa shape index (κ2) is 10.3. The molecule has 1 unspecified atom stereocenters. The van der Waals surface area contributed by atoms with E-state index in [0.29, 0.717) is 35.5 Å². The molecule has 0 aromatic heterocycles. The fourth-order valence-corrected chi connectivity index (χ4v) is 2.99. The summed E-state index contributed by atoms with van der Waals surface area (Å²) >= 11 is 0. The molecule has 1 heterocycles. The van der Waals surface area contributed by atoms with Gasteiger partial charge in [0.15, 0.2) is 11.5 Å². The van der Waals surface area contributed by atoms with Gasteiger partial charge in [-0.2, -0.15) is 0 Å². The number of carbonyl (C=O) groups is 1. The predicted octanol–water partition coefficient (Wildman–Crippen LogP) is 1.76. The number of hydrogen-bond acceptors (Lipinski definition) is 6. The van der Waals surface area contributed by atoms with Crippen LogP contribution < -0.4 is 24.8 Å². The summed E-state index contributed by atoms with van der Waals surface area (Å²) in [7, 11) is 6.61. The van der Waals surface area contributed by atoms with Crippen LogP contribution in [0.5, 0.6) is 17.2 Å². The summed E-state index contributed by atoms with van der Waals surface area (Å²) < 4.78 is 15.9. The molecule has 1 atom stereocenters. The molecule has 2 rings (SSSR count). The average Bonchev–Trinajstić information content (AvgIpc) is 2.60. The highest BCUT2D eigenvalue weighted by molar-refractivity contribution is 5.93. The number of nitrogens with one attached hydrogen (secondary N) is 2. The number of nitrogens with zero attached hydrogens (tertiary/aromatic N) is 1. The Balaban J connectivity index is 0.00000312. The van der Waals surface area contributed by atoms with Gasteiger partial charge in [-0.25, -0.2) is 0 Å². The zero-order valence-electron chi connectivity index (χ0n) is 15.3. The van der Waals surface area contributed by atoms with Gasteiger partial charge < -0.3 is 24.8 Å². The Hall–Kier alpha value is -1.70.